The molecule has 0 aliphatic heterocycles. The van der Waals surface area contributed by atoms with Crippen LogP contribution in [-0.2, 0) is 4.43 Å². The lowest BCUT2D eigenvalue weighted by molar-refractivity contribution is 0.154. The van der Waals surface area contributed by atoms with Crippen molar-refractivity contribution in [3.8, 4) is 0 Å². The van der Waals surface area contributed by atoms with Crippen LogP contribution in [0.25, 0.3) is 0 Å². The number of nitrogens with two attached hydrogens (primary N) is 1. The van der Waals surface area contributed by atoms with Gasteiger partial charge in [-0.25, -0.2) is 4.98 Å². The Morgan fingerprint density at radius 3 is 2.30 bits per heavy atom. The first kappa shape index (κ1) is 18.8. The summed E-state index contributed by atoms with van der Waals surface area (Å²) < 4.78 is 7.51. The zero-order valence-electron chi connectivity index (χ0n) is 14.3. The molecule has 0 saturated carbocycles. The van der Waals surface area contributed by atoms with Crippen LogP contribution >= 0.6 is 27.3 Å². The Morgan fingerprint density at radius 1 is 1.22 bits per heavy atom. The lowest BCUT2D eigenvalue weighted by atomic mass is 10.0. The number of hydrogen-bond acceptors (Lipinski definition) is 4. The number of thiazole rings is 1. The van der Waals surface area contributed by atoms with Gasteiger partial charge in [-0.15, -0.1) is 11.3 Å². The summed E-state index contributed by atoms with van der Waals surface area (Å²) in [6.45, 7) is 11.2. The normalized spacial score (nSPS) is 15.4. The van der Waals surface area contributed by atoms with E-state index in [-0.39, 0.29) is 17.2 Å². The van der Waals surface area contributed by atoms with Crippen LogP contribution in [0, 0.1) is 0 Å². The summed E-state index contributed by atoms with van der Waals surface area (Å²) in [5, 5.41) is 2.98. The van der Waals surface area contributed by atoms with E-state index in [1.54, 1.807) is 11.3 Å². The van der Waals surface area contributed by atoms with E-state index in [0.29, 0.717) is 0 Å². The van der Waals surface area contributed by atoms with Crippen molar-refractivity contribution in [3.63, 3.8) is 0 Å². The highest BCUT2D eigenvalue weighted by Crippen LogP contribution is 2.43. The molecule has 0 aliphatic carbocycles. The van der Waals surface area contributed by atoms with Gasteiger partial charge >= 0.3 is 0 Å². The standard InChI is InChI=1S/C17H25BrN2OSSi/c1-17(2,3)23(4,5)21-15(12-9-7-6-8-10-12)14(19)16-20-13(18)11-22-16/h6-11,14-15H,19H2,1-5H3/t14-,15+/m0/s1. The highest BCUT2D eigenvalue weighted by molar-refractivity contribution is 9.10. The minimum Gasteiger partial charge on any atom is -0.408 e. The van der Waals surface area contributed by atoms with Gasteiger partial charge in [0.05, 0.1) is 12.1 Å². The second kappa shape index (κ2) is 7.15. The van der Waals surface area contributed by atoms with E-state index in [9.17, 15) is 0 Å². The van der Waals surface area contributed by atoms with E-state index in [1.807, 2.05) is 23.6 Å². The lowest BCUT2D eigenvalue weighted by Gasteiger charge is -2.40. The van der Waals surface area contributed by atoms with Crippen molar-refractivity contribution in [2.24, 2.45) is 5.73 Å². The molecule has 0 unspecified atom stereocenters. The molecule has 1 heterocycles. The van der Waals surface area contributed by atoms with E-state index in [2.05, 4.69) is 66.9 Å². The average Bonchev–Trinajstić information content (AvgIpc) is 2.90. The zero-order valence-corrected chi connectivity index (χ0v) is 17.7. The Kier molecular flexibility index (Phi) is 5.84. The molecule has 3 nitrogen and oxygen atoms in total. The molecule has 0 saturated heterocycles. The molecule has 2 aromatic rings. The van der Waals surface area contributed by atoms with Crippen molar-refractivity contribution in [1.82, 2.24) is 4.98 Å². The Hall–Kier alpha value is -0.533. The maximum Gasteiger partial charge on any atom is 0.193 e. The molecule has 0 radical (unpaired) electrons. The Bertz CT molecular complexity index is 640. The Labute approximate surface area is 152 Å². The predicted molar refractivity (Wildman–Crippen MR) is 104 cm³/mol. The van der Waals surface area contributed by atoms with Crippen LogP contribution in [-0.4, -0.2) is 13.3 Å². The van der Waals surface area contributed by atoms with E-state index in [1.165, 1.54) is 0 Å². The monoisotopic (exact) mass is 412 g/mol. The molecule has 1 aromatic heterocycles. The molecule has 1 aromatic carbocycles. The molecule has 126 valence electrons. The first-order chi connectivity index (χ1) is 10.6. The van der Waals surface area contributed by atoms with Gasteiger partial charge in [-0.1, -0.05) is 51.1 Å². The van der Waals surface area contributed by atoms with Gasteiger partial charge in [-0.3, -0.25) is 0 Å². The first-order valence-corrected chi connectivity index (χ1v) is 12.3. The van der Waals surface area contributed by atoms with Crippen molar-refractivity contribution < 1.29 is 4.43 Å². The van der Waals surface area contributed by atoms with Crippen molar-refractivity contribution >= 4 is 35.6 Å². The summed E-state index contributed by atoms with van der Waals surface area (Å²) in [6, 6.07) is 9.96. The largest absolute Gasteiger partial charge is 0.408 e. The molecule has 2 rings (SSSR count). The summed E-state index contributed by atoms with van der Waals surface area (Å²) in [5.74, 6) is 0. The second-order valence-electron chi connectivity index (χ2n) is 7.24. The summed E-state index contributed by atoms with van der Waals surface area (Å²) >= 11 is 4.98. The minimum absolute atomic E-state index is 0.128. The van der Waals surface area contributed by atoms with Gasteiger partial charge in [0.25, 0.3) is 0 Å². The molecule has 0 spiro atoms. The number of aromatic nitrogens is 1. The predicted octanol–water partition coefficient (Wildman–Crippen LogP) is 5.67. The van der Waals surface area contributed by atoms with Crippen LogP contribution in [0.5, 0.6) is 0 Å². The SMILES string of the molecule is CC(C)(C)[Si](C)(C)O[C@H](c1ccccc1)[C@H](N)c1nc(Br)cs1. The summed E-state index contributed by atoms with van der Waals surface area (Å²) in [4.78, 5) is 4.49. The summed E-state index contributed by atoms with van der Waals surface area (Å²) in [7, 11) is -1.95. The van der Waals surface area contributed by atoms with E-state index >= 15 is 0 Å². The molecule has 0 aliphatic rings. The third kappa shape index (κ3) is 4.51. The quantitative estimate of drug-likeness (QED) is 0.643. The van der Waals surface area contributed by atoms with Crippen LogP contribution in [0.2, 0.25) is 18.1 Å². The fraction of sp³-hybridized carbons (Fsp3) is 0.471. The van der Waals surface area contributed by atoms with Crippen LogP contribution in [0.4, 0.5) is 0 Å². The third-order valence-electron chi connectivity index (χ3n) is 4.46. The molecule has 2 atom stereocenters. The maximum atomic E-state index is 6.68. The van der Waals surface area contributed by atoms with Gasteiger partial charge in [0.1, 0.15) is 9.61 Å². The number of rotatable bonds is 5. The second-order valence-corrected chi connectivity index (χ2v) is 13.7. The fourth-order valence-electron chi connectivity index (χ4n) is 2.04. The summed E-state index contributed by atoms with van der Waals surface area (Å²) in [6.07, 6.45) is -0.185. The number of halogens is 1. The highest BCUT2D eigenvalue weighted by atomic mass is 79.9. The van der Waals surface area contributed by atoms with Crippen LogP contribution in [0.15, 0.2) is 40.3 Å². The average molecular weight is 413 g/mol. The van der Waals surface area contributed by atoms with Crippen LogP contribution in [0.3, 0.4) is 0 Å². The van der Waals surface area contributed by atoms with E-state index < -0.39 is 8.32 Å². The molecule has 0 amide bonds. The molecular formula is C17H25BrN2OSSi. The van der Waals surface area contributed by atoms with Gasteiger partial charge in [-0.05, 0) is 39.6 Å². The lowest BCUT2D eigenvalue weighted by Crippen LogP contribution is -2.43. The Balaban J connectivity index is 2.37. The van der Waals surface area contributed by atoms with E-state index in [4.69, 9.17) is 10.2 Å². The maximum absolute atomic E-state index is 6.68. The molecule has 6 heteroatoms. The van der Waals surface area contributed by atoms with Crippen LogP contribution < -0.4 is 5.73 Å². The van der Waals surface area contributed by atoms with Gasteiger partial charge in [-0.2, -0.15) is 0 Å². The smallest absolute Gasteiger partial charge is 0.193 e. The van der Waals surface area contributed by atoms with Crippen LogP contribution in [0.1, 0.15) is 43.5 Å². The minimum atomic E-state index is -1.95. The zero-order chi connectivity index (χ0) is 17.3. The third-order valence-corrected chi connectivity index (χ3v) is 10.6. The van der Waals surface area contributed by atoms with Gasteiger partial charge < -0.3 is 10.2 Å². The van der Waals surface area contributed by atoms with Crippen molar-refractivity contribution in [2.75, 3.05) is 0 Å². The first-order valence-electron chi connectivity index (χ1n) is 7.71. The van der Waals surface area contributed by atoms with Crippen molar-refractivity contribution in [3.05, 3.63) is 50.9 Å². The topological polar surface area (TPSA) is 48.1 Å². The van der Waals surface area contributed by atoms with Gasteiger partial charge in [0.15, 0.2) is 8.32 Å². The summed E-state index contributed by atoms with van der Waals surface area (Å²) in [5.41, 5.74) is 7.67. The highest BCUT2D eigenvalue weighted by Gasteiger charge is 2.41. The molecule has 23 heavy (non-hydrogen) atoms. The fourth-order valence-corrected chi connectivity index (χ4v) is 4.60. The number of nitrogens with zero attached hydrogens (tertiary/aromatic N) is 1. The van der Waals surface area contributed by atoms with Gasteiger partial charge in [0.2, 0.25) is 0 Å². The van der Waals surface area contributed by atoms with Gasteiger partial charge in [0, 0.05) is 5.38 Å². The Morgan fingerprint density at radius 2 is 1.83 bits per heavy atom. The molecular weight excluding hydrogens is 388 g/mol. The number of hydrogen-bond donors (Lipinski definition) is 1. The molecule has 0 bridgehead atoms. The van der Waals surface area contributed by atoms with Crippen molar-refractivity contribution in [2.45, 2.75) is 51.0 Å². The van der Waals surface area contributed by atoms with E-state index in [0.717, 1.165) is 15.2 Å². The number of benzene rings is 1. The molecule has 2 N–H and O–H groups in total. The molecule has 0 fully saturated rings. The van der Waals surface area contributed by atoms with Crippen molar-refractivity contribution in [1.29, 1.82) is 0 Å².